The monoisotopic (exact) mass is 330 g/mol. The molecular formula is C16H18N4O4. The van der Waals surface area contributed by atoms with E-state index in [4.69, 9.17) is 20.5 Å². The number of nitrogens with two attached hydrogens (primary N) is 1. The van der Waals surface area contributed by atoms with E-state index in [2.05, 4.69) is 5.10 Å². The second-order valence-corrected chi connectivity index (χ2v) is 6.08. The first-order chi connectivity index (χ1) is 11.2. The summed E-state index contributed by atoms with van der Waals surface area (Å²) in [6.45, 7) is 4.98. The highest BCUT2D eigenvalue weighted by atomic mass is 16.6. The van der Waals surface area contributed by atoms with Gasteiger partial charge in [0.25, 0.3) is 5.91 Å². The van der Waals surface area contributed by atoms with E-state index in [1.54, 1.807) is 39.0 Å². The number of ether oxygens (including phenoxy) is 2. The number of esters is 1. The van der Waals surface area contributed by atoms with Gasteiger partial charge in [-0.15, -0.1) is 0 Å². The van der Waals surface area contributed by atoms with E-state index in [1.165, 1.54) is 4.68 Å². The fraction of sp³-hybridized carbons (Fsp3) is 0.375. The molecule has 0 atom stereocenters. The van der Waals surface area contributed by atoms with E-state index in [-0.39, 0.29) is 18.8 Å². The zero-order valence-electron chi connectivity index (χ0n) is 13.7. The van der Waals surface area contributed by atoms with Crippen molar-refractivity contribution < 1.29 is 19.1 Å². The summed E-state index contributed by atoms with van der Waals surface area (Å²) in [6.07, 6.45) is 0. The number of benzene rings is 1. The molecule has 1 aromatic carbocycles. The molecule has 8 nitrogen and oxygen atoms in total. The molecule has 0 unspecified atom stereocenters. The molecule has 0 aliphatic rings. The summed E-state index contributed by atoms with van der Waals surface area (Å²) < 4.78 is 11.8. The molecule has 0 bridgehead atoms. The van der Waals surface area contributed by atoms with Gasteiger partial charge >= 0.3 is 5.97 Å². The van der Waals surface area contributed by atoms with Crippen molar-refractivity contribution in [3.63, 3.8) is 0 Å². The minimum Gasteiger partial charge on any atom is -0.479 e. The zero-order valence-corrected chi connectivity index (χ0v) is 13.7. The lowest BCUT2D eigenvalue weighted by atomic mass is 10.2. The number of carbonyl (C=O) groups is 2. The Morgan fingerprint density at radius 1 is 1.38 bits per heavy atom. The average molecular weight is 330 g/mol. The van der Waals surface area contributed by atoms with Crippen LogP contribution >= 0.6 is 0 Å². The van der Waals surface area contributed by atoms with E-state index >= 15 is 0 Å². The molecule has 0 saturated carbocycles. The van der Waals surface area contributed by atoms with Crippen molar-refractivity contribution in [2.24, 2.45) is 5.73 Å². The Bertz CT molecular complexity index is 827. The summed E-state index contributed by atoms with van der Waals surface area (Å²) in [7, 11) is 0. The van der Waals surface area contributed by atoms with Gasteiger partial charge in [0.1, 0.15) is 24.0 Å². The highest BCUT2D eigenvalue weighted by Gasteiger charge is 2.20. The van der Waals surface area contributed by atoms with E-state index in [1.807, 2.05) is 6.07 Å². The Morgan fingerprint density at radius 2 is 2.08 bits per heavy atom. The van der Waals surface area contributed by atoms with E-state index < -0.39 is 17.5 Å². The van der Waals surface area contributed by atoms with Gasteiger partial charge in [-0.1, -0.05) is 0 Å². The first kappa shape index (κ1) is 17.3. The molecule has 1 heterocycles. The number of hydrogen-bond acceptors (Lipinski definition) is 6. The maximum Gasteiger partial charge on any atom is 0.328 e. The molecule has 0 aliphatic heterocycles. The molecule has 2 aromatic rings. The molecule has 8 heteroatoms. The van der Waals surface area contributed by atoms with Crippen LogP contribution in [0.3, 0.4) is 0 Å². The van der Waals surface area contributed by atoms with Crippen LogP contribution in [0, 0.1) is 11.3 Å². The number of amides is 1. The highest BCUT2D eigenvalue weighted by molar-refractivity contribution is 6.04. The van der Waals surface area contributed by atoms with Crippen LogP contribution in [-0.4, -0.2) is 33.9 Å². The van der Waals surface area contributed by atoms with Gasteiger partial charge < -0.3 is 15.2 Å². The predicted octanol–water partition coefficient (Wildman–Crippen LogP) is 1.38. The first-order valence-electron chi connectivity index (χ1n) is 7.23. The van der Waals surface area contributed by atoms with Crippen LogP contribution in [-0.2, 0) is 16.1 Å². The minimum absolute atomic E-state index is 0.0559. The number of nitrogens with zero attached hydrogens (tertiary/aromatic N) is 3. The highest BCUT2D eigenvalue weighted by Crippen LogP contribution is 2.24. The van der Waals surface area contributed by atoms with Crippen molar-refractivity contribution in [3.05, 3.63) is 23.9 Å². The third-order valence-corrected chi connectivity index (χ3v) is 2.96. The maximum atomic E-state index is 12.0. The van der Waals surface area contributed by atoms with E-state index in [9.17, 15) is 9.59 Å². The molecule has 0 fully saturated rings. The van der Waals surface area contributed by atoms with Gasteiger partial charge in [0, 0.05) is 11.5 Å². The number of aromatic nitrogens is 2. The normalized spacial score (nSPS) is 11.1. The number of primary amides is 1. The summed E-state index contributed by atoms with van der Waals surface area (Å²) >= 11 is 0. The number of fused-ring (bicyclic) bond motifs is 1. The molecule has 1 amide bonds. The lowest BCUT2D eigenvalue weighted by Gasteiger charge is -2.19. The Labute approximate surface area is 138 Å². The minimum atomic E-state index is -0.700. The van der Waals surface area contributed by atoms with Crippen LogP contribution in [0.4, 0.5) is 0 Å². The summed E-state index contributed by atoms with van der Waals surface area (Å²) in [5, 5.41) is 13.2. The zero-order chi connectivity index (χ0) is 17.9. The number of nitriles is 1. The van der Waals surface area contributed by atoms with E-state index in [0.29, 0.717) is 16.7 Å². The van der Waals surface area contributed by atoms with E-state index in [0.717, 1.165) is 0 Å². The number of carbonyl (C=O) groups excluding carboxylic acids is 2. The first-order valence-corrected chi connectivity index (χ1v) is 7.23. The molecule has 1 aromatic heterocycles. The summed E-state index contributed by atoms with van der Waals surface area (Å²) in [5.74, 6) is -0.773. The Balaban J connectivity index is 2.41. The fourth-order valence-corrected chi connectivity index (χ4v) is 2.16. The smallest absolute Gasteiger partial charge is 0.328 e. The van der Waals surface area contributed by atoms with Gasteiger partial charge in [-0.25, -0.2) is 0 Å². The topological polar surface area (TPSA) is 120 Å². The van der Waals surface area contributed by atoms with Gasteiger partial charge in [0.05, 0.1) is 5.52 Å². The summed E-state index contributed by atoms with van der Waals surface area (Å²) in [4.78, 5) is 23.6. The lowest BCUT2D eigenvalue weighted by Crippen LogP contribution is -2.27. The van der Waals surface area contributed by atoms with Gasteiger partial charge in [0.15, 0.2) is 12.3 Å². The molecule has 0 aliphatic carbocycles. The molecule has 0 radical (unpaired) electrons. The quantitative estimate of drug-likeness (QED) is 0.827. The molecule has 2 N–H and O–H groups in total. The molecule has 126 valence electrons. The Hall–Kier alpha value is -3.08. The van der Waals surface area contributed by atoms with Gasteiger partial charge in [-0.2, -0.15) is 10.4 Å². The second kappa shape index (κ2) is 6.58. The van der Waals surface area contributed by atoms with Crippen molar-refractivity contribution in [3.8, 4) is 11.8 Å². The molecule has 2 rings (SSSR count). The SMILES string of the molecule is CC(C)(C)OC(=O)Cn1nc(C(N)=O)c2ccc(OCC#N)cc21. The maximum absolute atomic E-state index is 12.0. The number of rotatable bonds is 5. The van der Waals surface area contributed by atoms with Crippen molar-refractivity contribution in [2.75, 3.05) is 6.61 Å². The Morgan fingerprint density at radius 3 is 2.67 bits per heavy atom. The standard InChI is InChI=1S/C16H18N4O4/c1-16(2,3)24-13(21)9-20-12-8-10(23-7-6-17)4-5-11(12)14(19-20)15(18)22/h4-5,8H,7,9H2,1-3H3,(H2,18,22). The third-order valence-electron chi connectivity index (χ3n) is 2.96. The van der Waals surface area contributed by atoms with Crippen LogP contribution in [0.2, 0.25) is 0 Å². The van der Waals surface area contributed by atoms with Crippen molar-refractivity contribution in [1.29, 1.82) is 5.26 Å². The van der Waals surface area contributed by atoms with Crippen molar-refractivity contribution >= 4 is 22.8 Å². The second-order valence-electron chi connectivity index (χ2n) is 6.08. The summed E-state index contributed by atoms with van der Waals surface area (Å²) in [6, 6.07) is 6.68. The molecular weight excluding hydrogens is 312 g/mol. The molecule has 24 heavy (non-hydrogen) atoms. The van der Waals surface area contributed by atoms with Crippen LogP contribution in [0.1, 0.15) is 31.3 Å². The van der Waals surface area contributed by atoms with Crippen LogP contribution < -0.4 is 10.5 Å². The predicted molar refractivity (Wildman–Crippen MR) is 85.2 cm³/mol. The van der Waals surface area contributed by atoms with Crippen LogP contribution in [0.15, 0.2) is 18.2 Å². The number of hydrogen-bond donors (Lipinski definition) is 1. The largest absolute Gasteiger partial charge is 0.479 e. The molecule has 0 saturated heterocycles. The third kappa shape index (κ3) is 4.01. The van der Waals surface area contributed by atoms with Crippen molar-refractivity contribution in [1.82, 2.24) is 9.78 Å². The van der Waals surface area contributed by atoms with Crippen LogP contribution in [0.25, 0.3) is 10.9 Å². The summed E-state index contributed by atoms with van der Waals surface area (Å²) in [5.41, 5.74) is 5.25. The van der Waals surface area contributed by atoms with Crippen LogP contribution in [0.5, 0.6) is 5.75 Å². The van der Waals surface area contributed by atoms with Crippen molar-refractivity contribution in [2.45, 2.75) is 32.9 Å². The fourth-order valence-electron chi connectivity index (χ4n) is 2.16. The molecule has 0 spiro atoms. The Kier molecular flexibility index (Phi) is 4.74. The van der Waals surface area contributed by atoms with Gasteiger partial charge in [0.2, 0.25) is 0 Å². The van der Waals surface area contributed by atoms with Gasteiger partial charge in [-0.3, -0.25) is 14.3 Å². The van der Waals surface area contributed by atoms with Gasteiger partial charge in [-0.05, 0) is 32.9 Å². The lowest BCUT2D eigenvalue weighted by molar-refractivity contribution is -0.155. The average Bonchev–Trinajstić information content (AvgIpc) is 2.81.